The molecule has 148 valence electrons. The zero-order valence-electron chi connectivity index (χ0n) is 15.7. The molecule has 8 nitrogen and oxygen atoms in total. The molecule has 1 aromatic carbocycles. The molecule has 3 N–H and O–H groups in total. The van der Waals surface area contributed by atoms with E-state index in [1.165, 1.54) is 0 Å². The predicted molar refractivity (Wildman–Crippen MR) is 106 cm³/mol. The highest BCUT2D eigenvalue weighted by Crippen LogP contribution is 2.09. The molecule has 2 heterocycles. The van der Waals surface area contributed by atoms with Gasteiger partial charge in [0.15, 0.2) is 0 Å². The fourth-order valence-electron chi connectivity index (χ4n) is 2.81. The molecule has 3 rings (SSSR count). The Hall–Kier alpha value is -2.97. The first kappa shape index (κ1) is 19.8. The predicted octanol–water partition coefficient (Wildman–Crippen LogP) is 1.47. The average Bonchev–Trinajstić information content (AvgIpc) is 2.74. The maximum absolute atomic E-state index is 12.2. The third-order valence-electron chi connectivity index (χ3n) is 4.38. The van der Waals surface area contributed by atoms with Crippen LogP contribution in [0.4, 0.5) is 10.5 Å². The van der Waals surface area contributed by atoms with E-state index >= 15 is 0 Å². The number of ether oxygens (including phenoxy) is 1. The van der Waals surface area contributed by atoms with E-state index in [2.05, 4.69) is 25.8 Å². The summed E-state index contributed by atoms with van der Waals surface area (Å²) in [4.78, 5) is 30.6. The molecule has 0 spiro atoms. The lowest BCUT2D eigenvalue weighted by atomic mass is 10.2. The molecule has 3 amide bonds. The highest BCUT2D eigenvalue weighted by molar-refractivity contribution is 5.95. The Bertz CT molecular complexity index is 761. The molecule has 2 aromatic rings. The topological polar surface area (TPSA) is 95.6 Å². The number of urea groups is 1. The number of amides is 3. The fraction of sp³-hybridized carbons (Fsp3) is 0.350. The summed E-state index contributed by atoms with van der Waals surface area (Å²) in [6, 6.07) is 12.0. The van der Waals surface area contributed by atoms with Crippen molar-refractivity contribution in [2.75, 3.05) is 44.7 Å². The van der Waals surface area contributed by atoms with Crippen molar-refractivity contribution in [3.8, 4) is 0 Å². The summed E-state index contributed by atoms with van der Waals surface area (Å²) in [6.45, 7) is 5.04. The Kier molecular flexibility index (Phi) is 7.34. The van der Waals surface area contributed by atoms with Crippen molar-refractivity contribution in [1.82, 2.24) is 20.5 Å². The van der Waals surface area contributed by atoms with E-state index < -0.39 is 0 Å². The van der Waals surface area contributed by atoms with Crippen molar-refractivity contribution in [1.29, 1.82) is 0 Å². The van der Waals surface area contributed by atoms with Crippen LogP contribution >= 0.6 is 0 Å². The minimum Gasteiger partial charge on any atom is -0.379 e. The van der Waals surface area contributed by atoms with Gasteiger partial charge in [0.2, 0.25) is 0 Å². The number of aromatic nitrogens is 1. The second-order valence-electron chi connectivity index (χ2n) is 6.42. The van der Waals surface area contributed by atoms with E-state index in [9.17, 15) is 9.59 Å². The largest absolute Gasteiger partial charge is 0.379 e. The maximum atomic E-state index is 12.2. The molecule has 0 aliphatic carbocycles. The van der Waals surface area contributed by atoms with E-state index in [0.29, 0.717) is 24.3 Å². The molecule has 1 aliphatic rings. The lowest BCUT2D eigenvalue weighted by Crippen LogP contribution is -2.41. The third-order valence-corrected chi connectivity index (χ3v) is 4.38. The monoisotopic (exact) mass is 383 g/mol. The van der Waals surface area contributed by atoms with Crippen LogP contribution in [-0.2, 0) is 11.3 Å². The standard InChI is InChI=1S/C20H25N5O3/c26-19(22-9-10-25-11-13-28-14-12-25)16-4-6-17(7-5-16)24-20(27)23-15-18-3-1-2-8-21-18/h1-8H,9-15H2,(H,22,26)(H2,23,24,27). The Morgan fingerprint density at radius 1 is 1.04 bits per heavy atom. The molecule has 28 heavy (non-hydrogen) atoms. The summed E-state index contributed by atoms with van der Waals surface area (Å²) in [5, 5.41) is 8.39. The summed E-state index contributed by atoms with van der Waals surface area (Å²) in [5.41, 5.74) is 1.95. The van der Waals surface area contributed by atoms with Gasteiger partial charge in [-0.2, -0.15) is 0 Å². The molecule has 8 heteroatoms. The Morgan fingerprint density at radius 2 is 1.82 bits per heavy atom. The average molecular weight is 383 g/mol. The smallest absolute Gasteiger partial charge is 0.319 e. The van der Waals surface area contributed by atoms with E-state index in [1.54, 1.807) is 30.5 Å². The van der Waals surface area contributed by atoms with Crippen LogP contribution in [-0.4, -0.2) is 61.2 Å². The van der Waals surface area contributed by atoms with Gasteiger partial charge >= 0.3 is 6.03 Å². The molecule has 1 aliphatic heterocycles. The molecule has 0 radical (unpaired) electrons. The normalized spacial score (nSPS) is 14.3. The lowest BCUT2D eigenvalue weighted by Gasteiger charge is -2.26. The second-order valence-corrected chi connectivity index (χ2v) is 6.42. The Balaban J connectivity index is 1.39. The molecule has 1 fully saturated rings. The molecule has 0 saturated carbocycles. The number of morpholine rings is 1. The van der Waals surface area contributed by atoms with Crippen LogP contribution in [0.2, 0.25) is 0 Å². The van der Waals surface area contributed by atoms with Crippen molar-refractivity contribution in [2.24, 2.45) is 0 Å². The summed E-state index contributed by atoms with van der Waals surface area (Å²) in [7, 11) is 0. The summed E-state index contributed by atoms with van der Waals surface area (Å²) in [6.07, 6.45) is 1.68. The number of carbonyl (C=O) groups is 2. The number of rotatable bonds is 7. The van der Waals surface area contributed by atoms with Crippen LogP contribution in [0.15, 0.2) is 48.7 Å². The minimum atomic E-state index is -0.326. The zero-order valence-corrected chi connectivity index (χ0v) is 15.7. The van der Waals surface area contributed by atoms with Gasteiger partial charge in [-0.05, 0) is 36.4 Å². The molecule has 1 aromatic heterocycles. The van der Waals surface area contributed by atoms with Crippen LogP contribution in [0.3, 0.4) is 0 Å². The van der Waals surface area contributed by atoms with Crippen molar-refractivity contribution >= 4 is 17.6 Å². The van der Waals surface area contributed by atoms with Crippen LogP contribution in [0.5, 0.6) is 0 Å². The SMILES string of the molecule is O=C(NCc1ccccn1)Nc1ccc(C(=O)NCCN2CCOCC2)cc1. The Morgan fingerprint density at radius 3 is 2.54 bits per heavy atom. The van der Waals surface area contributed by atoms with E-state index in [4.69, 9.17) is 4.74 Å². The molecular formula is C20H25N5O3. The number of hydrogen-bond acceptors (Lipinski definition) is 5. The molecule has 0 unspecified atom stereocenters. The van der Waals surface area contributed by atoms with Crippen LogP contribution < -0.4 is 16.0 Å². The van der Waals surface area contributed by atoms with Crippen molar-refractivity contribution in [3.63, 3.8) is 0 Å². The number of nitrogens with one attached hydrogen (secondary N) is 3. The summed E-state index contributed by atoms with van der Waals surface area (Å²) in [5.74, 6) is -0.126. The molecule has 0 bridgehead atoms. The van der Waals surface area contributed by atoms with E-state index in [0.717, 1.165) is 38.5 Å². The van der Waals surface area contributed by atoms with Gasteiger partial charge in [-0.1, -0.05) is 6.07 Å². The zero-order chi connectivity index (χ0) is 19.6. The number of hydrogen-bond donors (Lipinski definition) is 3. The molecule has 0 atom stereocenters. The van der Waals surface area contributed by atoms with E-state index in [1.807, 2.05) is 18.2 Å². The van der Waals surface area contributed by atoms with Gasteiger partial charge in [-0.3, -0.25) is 14.7 Å². The molecular weight excluding hydrogens is 358 g/mol. The Labute approximate surface area is 164 Å². The van der Waals surface area contributed by atoms with Gasteiger partial charge in [0, 0.05) is 43.6 Å². The second kappa shape index (κ2) is 10.4. The van der Waals surface area contributed by atoms with Gasteiger partial charge in [0.05, 0.1) is 25.5 Å². The van der Waals surface area contributed by atoms with Crippen molar-refractivity contribution in [2.45, 2.75) is 6.54 Å². The van der Waals surface area contributed by atoms with Crippen molar-refractivity contribution in [3.05, 3.63) is 59.9 Å². The number of carbonyl (C=O) groups excluding carboxylic acids is 2. The van der Waals surface area contributed by atoms with Crippen LogP contribution in [0.1, 0.15) is 16.1 Å². The first-order valence-electron chi connectivity index (χ1n) is 9.34. The minimum absolute atomic E-state index is 0.126. The van der Waals surface area contributed by atoms with Crippen molar-refractivity contribution < 1.29 is 14.3 Å². The first-order valence-corrected chi connectivity index (χ1v) is 9.34. The fourth-order valence-corrected chi connectivity index (χ4v) is 2.81. The van der Waals surface area contributed by atoms with Crippen LogP contribution in [0, 0.1) is 0 Å². The van der Waals surface area contributed by atoms with Crippen LogP contribution in [0.25, 0.3) is 0 Å². The van der Waals surface area contributed by atoms with Gasteiger partial charge < -0.3 is 20.7 Å². The third kappa shape index (κ3) is 6.33. The van der Waals surface area contributed by atoms with Gasteiger partial charge in [0.25, 0.3) is 5.91 Å². The summed E-state index contributed by atoms with van der Waals surface area (Å²) < 4.78 is 5.31. The quantitative estimate of drug-likeness (QED) is 0.673. The van der Waals surface area contributed by atoms with Gasteiger partial charge in [-0.15, -0.1) is 0 Å². The van der Waals surface area contributed by atoms with Gasteiger partial charge in [-0.25, -0.2) is 4.79 Å². The number of anilines is 1. The number of pyridine rings is 1. The molecule has 1 saturated heterocycles. The highest BCUT2D eigenvalue weighted by atomic mass is 16.5. The maximum Gasteiger partial charge on any atom is 0.319 e. The number of benzene rings is 1. The van der Waals surface area contributed by atoms with Gasteiger partial charge in [0.1, 0.15) is 0 Å². The first-order chi connectivity index (χ1) is 13.7. The lowest BCUT2D eigenvalue weighted by molar-refractivity contribution is 0.0383. The highest BCUT2D eigenvalue weighted by Gasteiger charge is 2.11. The van der Waals surface area contributed by atoms with E-state index in [-0.39, 0.29) is 11.9 Å². The summed E-state index contributed by atoms with van der Waals surface area (Å²) >= 11 is 0. The number of nitrogens with zero attached hydrogens (tertiary/aromatic N) is 2.